The molecule has 0 aliphatic carbocycles. The standard InChI is InChI=1S/C10H10FNO/c1-7-2-3-9(11)8(6-7)10(13)12-4-5-12/h2-3,6H,4-5H2,1H3. The molecule has 0 saturated carbocycles. The van der Waals surface area contributed by atoms with E-state index < -0.39 is 5.82 Å². The first kappa shape index (κ1) is 8.23. The normalized spacial score (nSPS) is 14.5. The van der Waals surface area contributed by atoms with Gasteiger partial charge in [0.2, 0.25) is 0 Å². The lowest BCUT2D eigenvalue weighted by molar-refractivity contribution is 0.0881. The highest BCUT2D eigenvalue weighted by Crippen LogP contribution is 2.16. The number of amides is 1. The summed E-state index contributed by atoms with van der Waals surface area (Å²) in [6.07, 6.45) is 0. The minimum Gasteiger partial charge on any atom is -0.335 e. The summed E-state index contributed by atoms with van der Waals surface area (Å²) in [6, 6.07) is 4.59. The van der Waals surface area contributed by atoms with Crippen molar-refractivity contribution in [1.82, 2.24) is 4.90 Å². The van der Waals surface area contributed by atoms with Crippen LogP contribution in [0.25, 0.3) is 0 Å². The summed E-state index contributed by atoms with van der Waals surface area (Å²) >= 11 is 0. The maximum absolute atomic E-state index is 13.2. The molecule has 0 aromatic heterocycles. The van der Waals surface area contributed by atoms with Gasteiger partial charge in [-0.2, -0.15) is 0 Å². The van der Waals surface area contributed by atoms with Crippen LogP contribution >= 0.6 is 0 Å². The molecule has 1 aliphatic rings. The van der Waals surface area contributed by atoms with Gasteiger partial charge in [-0.25, -0.2) is 4.39 Å². The van der Waals surface area contributed by atoms with Crippen LogP contribution in [0.3, 0.4) is 0 Å². The Morgan fingerprint density at radius 1 is 1.46 bits per heavy atom. The van der Waals surface area contributed by atoms with E-state index in [2.05, 4.69) is 0 Å². The second-order valence-corrected chi connectivity index (χ2v) is 3.28. The monoisotopic (exact) mass is 179 g/mol. The third kappa shape index (κ3) is 1.54. The van der Waals surface area contributed by atoms with Gasteiger partial charge < -0.3 is 4.90 Å². The zero-order chi connectivity index (χ0) is 9.42. The van der Waals surface area contributed by atoms with Crippen LogP contribution in [0.4, 0.5) is 4.39 Å². The summed E-state index contributed by atoms with van der Waals surface area (Å²) in [6.45, 7) is 3.36. The molecule has 0 bridgehead atoms. The molecular weight excluding hydrogens is 169 g/mol. The van der Waals surface area contributed by atoms with Crippen LogP contribution in [0.2, 0.25) is 0 Å². The second kappa shape index (κ2) is 2.83. The number of carbonyl (C=O) groups is 1. The van der Waals surface area contributed by atoms with E-state index in [4.69, 9.17) is 0 Å². The molecule has 2 nitrogen and oxygen atoms in total. The van der Waals surface area contributed by atoms with E-state index in [1.54, 1.807) is 17.0 Å². The Labute approximate surface area is 76.0 Å². The highest BCUT2D eigenvalue weighted by Gasteiger charge is 2.27. The smallest absolute Gasteiger partial charge is 0.256 e. The fraction of sp³-hybridized carbons (Fsp3) is 0.300. The van der Waals surface area contributed by atoms with Crippen LogP contribution in [0.15, 0.2) is 18.2 Å². The Hall–Kier alpha value is -1.38. The predicted molar refractivity (Wildman–Crippen MR) is 47.0 cm³/mol. The lowest BCUT2D eigenvalue weighted by Gasteiger charge is -2.03. The first-order chi connectivity index (χ1) is 6.18. The molecule has 0 spiro atoms. The number of hydrogen-bond acceptors (Lipinski definition) is 1. The number of aryl methyl sites for hydroxylation is 1. The molecule has 1 heterocycles. The van der Waals surface area contributed by atoms with Crippen molar-refractivity contribution in [2.45, 2.75) is 6.92 Å². The van der Waals surface area contributed by atoms with Crippen molar-refractivity contribution in [2.75, 3.05) is 13.1 Å². The van der Waals surface area contributed by atoms with Crippen molar-refractivity contribution >= 4 is 5.91 Å². The topological polar surface area (TPSA) is 20.1 Å². The highest BCUT2D eigenvalue weighted by atomic mass is 19.1. The van der Waals surface area contributed by atoms with Gasteiger partial charge in [0.25, 0.3) is 5.91 Å². The largest absolute Gasteiger partial charge is 0.335 e. The van der Waals surface area contributed by atoms with Crippen molar-refractivity contribution < 1.29 is 9.18 Å². The maximum atomic E-state index is 13.2. The summed E-state index contributed by atoms with van der Waals surface area (Å²) in [5, 5.41) is 0. The molecule has 0 unspecified atom stereocenters. The van der Waals surface area contributed by atoms with E-state index in [-0.39, 0.29) is 11.5 Å². The van der Waals surface area contributed by atoms with Crippen molar-refractivity contribution in [1.29, 1.82) is 0 Å². The molecule has 13 heavy (non-hydrogen) atoms. The van der Waals surface area contributed by atoms with Crippen LogP contribution in [-0.2, 0) is 0 Å². The molecule has 1 aromatic carbocycles. The van der Waals surface area contributed by atoms with Crippen molar-refractivity contribution in [2.24, 2.45) is 0 Å². The number of nitrogens with zero attached hydrogens (tertiary/aromatic N) is 1. The Balaban J connectivity index is 2.37. The van der Waals surface area contributed by atoms with E-state index in [0.717, 1.165) is 18.7 Å². The first-order valence-electron chi connectivity index (χ1n) is 4.24. The van der Waals surface area contributed by atoms with Gasteiger partial charge in [0.15, 0.2) is 0 Å². The van der Waals surface area contributed by atoms with Gasteiger partial charge in [-0.15, -0.1) is 0 Å². The maximum Gasteiger partial charge on any atom is 0.256 e. The fourth-order valence-electron chi connectivity index (χ4n) is 1.23. The Bertz CT molecular complexity index is 358. The minimum atomic E-state index is -0.428. The third-order valence-corrected chi connectivity index (χ3v) is 2.09. The second-order valence-electron chi connectivity index (χ2n) is 3.28. The minimum absolute atomic E-state index is 0.192. The van der Waals surface area contributed by atoms with Gasteiger partial charge in [0.1, 0.15) is 5.82 Å². The molecular formula is C10H10FNO. The summed E-state index contributed by atoms with van der Waals surface area (Å²) in [7, 11) is 0. The summed E-state index contributed by atoms with van der Waals surface area (Å²) < 4.78 is 13.2. The number of rotatable bonds is 1. The molecule has 1 amide bonds. The molecule has 1 saturated heterocycles. The van der Waals surface area contributed by atoms with Gasteiger partial charge in [-0.05, 0) is 19.1 Å². The molecule has 2 rings (SSSR count). The van der Waals surface area contributed by atoms with Crippen LogP contribution in [-0.4, -0.2) is 23.9 Å². The average molecular weight is 179 g/mol. The van der Waals surface area contributed by atoms with Crippen LogP contribution < -0.4 is 0 Å². The van der Waals surface area contributed by atoms with Crippen molar-refractivity contribution in [3.63, 3.8) is 0 Å². The van der Waals surface area contributed by atoms with Gasteiger partial charge in [-0.3, -0.25) is 4.79 Å². The van der Waals surface area contributed by atoms with E-state index in [9.17, 15) is 9.18 Å². The van der Waals surface area contributed by atoms with Crippen molar-refractivity contribution in [3.05, 3.63) is 35.1 Å². The first-order valence-corrected chi connectivity index (χ1v) is 4.24. The molecule has 0 atom stereocenters. The van der Waals surface area contributed by atoms with Gasteiger partial charge in [0, 0.05) is 13.1 Å². The zero-order valence-electron chi connectivity index (χ0n) is 7.38. The Morgan fingerprint density at radius 2 is 2.15 bits per heavy atom. The molecule has 0 radical (unpaired) electrons. The molecule has 1 aromatic rings. The van der Waals surface area contributed by atoms with E-state index in [1.165, 1.54) is 6.07 Å². The zero-order valence-corrected chi connectivity index (χ0v) is 7.38. The lowest BCUT2D eigenvalue weighted by Crippen LogP contribution is -2.12. The van der Waals surface area contributed by atoms with Crippen molar-refractivity contribution in [3.8, 4) is 0 Å². The van der Waals surface area contributed by atoms with Crippen LogP contribution in [0.5, 0.6) is 0 Å². The number of hydrogen-bond donors (Lipinski definition) is 0. The number of halogens is 1. The quantitative estimate of drug-likeness (QED) is 0.599. The van der Waals surface area contributed by atoms with Gasteiger partial charge in [-0.1, -0.05) is 11.6 Å². The summed E-state index contributed by atoms with van der Waals surface area (Å²) in [5.41, 5.74) is 1.10. The van der Waals surface area contributed by atoms with Crippen LogP contribution in [0.1, 0.15) is 15.9 Å². The van der Waals surface area contributed by atoms with Gasteiger partial charge in [0.05, 0.1) is 5.56 Å². The molecule has 68 valence electrons. The lowest BCUT2D eigenvalue weighted by atomic mass is 10.1. The molecule has 0 N–H and O–H groups in total. The molecule has 1 fully saturated rings. The van der Waals surface area contributed by atoms with E-state index in [1.807, 2.05) is 6.92 Å². The molecule has 1 aliphatic heterocycles. The van der Waals surface area contributed by atoms with Gasteiger partial charge >= 0.3 is 0 Å². The molecule has 3 heteroatoms. The summed E-state index contributed by atoms with van der Waals surface area (Å²) in [5.74, 6) is -0.622. The summed E-state index contributed by atoms with van der Waals surface area (Å²) in [4.78, 5) is 13.1. The number of benzene rings is 1. The average Bonchev–Trinajstić information content (AvgIpc) is 2.91. The van der Waals surface area contributed by atoms with Crippen LogP contribution in [0, 0.1) is 12.7 Å². The third-order valence-electron chi connectivity index (χ3n) is 2.09. The van der Waals surface area contributed by atoms with E-state index in [0.29, 0.717) is 0 Å². The Kier molecular flexibility index (Phi) is 1.79. The Morgan fingerprint density at radius 3 is 2.77 bits per heavy atom. The highest BCUT2D eigenvalue weighted by molar-refractivity contribution is 5.96. The number of carbonyl (C=O) groups excluding carboxylic acids is 1. The predicted octanol–water partition coefficient (Wildman–Crippen LogP) is 1.59. The SMILES string of the molecule is Cc1ccc(F)c(C(=O)N2CC2)c1. The van der Waals surface area contributed by atoms with E-state index >= 15 is 0 Å². The fourth-order valence-corrected chi connectivity index (χ4v) is 1.23.